The number of carbonyl (C=O) groups is 1. The second kappa shape index (κ2) is 7.99. The van der Waals surface area contributed by atoms with Gasteiger partial charge in [-0.05, 0) is 56.2 Å². The van der Waals surface area contributed by atoms with Crippen LogP contribution in [0, 0.1) is 0 Å². The molecule has 1 aliphatic heterocycles. The van der Waals surface area contributed by atoms with Gasteiger partial charge in [0.1, 0.15) is 17.1 Å². The van der Waals surface area contributed by atoms with E-state index in [1.807, 2.05) is 38.1 Å². The Kier molecular flexibility index (Phi) is 5.87. The first-order chi connectivity index (χ1) is 12.8. The van der Waals surface area contributed by atoms with Crippen molar-refractivity contribution in [2.75, 3.05) is 7.11 Å². The Morgan fingerprint density at radius 1 is 1.26 bits per heavy atom. The van der Waals surface area contributed by atoms with Gasteiger partial charge in [-0.2, -0.15) is 0 Å². The van der Waals surface area contributed by atoms with Crippen LogP contribution >= 0.6 is 23.2 Å². The van der Waals surface area contributed by atoms with E-state index >= 15 is 0 Å². The number of methoxy groups -OCH3 is 1. The van der Waals surface area contributed by atoms with E-state index in [0.29, 0.717) is 29.3 Å². The van der Waals surface area contributed by atoms with Crippen LogP contribution in [0.15, 0.2) is 36.4 Å². The maximum absolute atomic E-state index is 12.6. The summed E-state index contributed by atoms with van der Waals surface area (Å²) >= 11 is 12.1. The van der Waals surface area contributed by atoms with Crippen molar-refractivity contribution >= 4 is 29.1 Å². The number of ether oxygens (including phenoxy) is 2. The number of nitrogens with one attached hydrogen (secondary N) is 1. The van der Waals surface area contributed by atoms with Crippen molar-refractivity contribution in [3.8, 4) is 11.5 Å². The van der Waals surface area contributed by atoms with Crippen LogP contribution in [-0.2, 0) is 11.2 Å². The molecule has 0 saturated heterocycles. The van der Waals surface area contributed by atoms with Crippen LogP contribution in [0.4, 0.5) is 0 Å². The number of hydrogen-bond acceptors (Lipinski definition) is 3. The lowest BCUT2D eigenvalue weighted by Gasteiger charge is -2.38. The van der Waals surface area contributed by atoms with Gasteiger partial charge in [0.05, 0.1) is 13.2 Å². The SMILES string of the molecule is COc1ccc2c(c1)[C@@H](NC(=O)CCc1ccc(Cl)cc1Cl)CC(C)(C)O2. The van der Waals surface area contributed by atoms with Gasteiger partial charge in [0.15, 0.2) is 0 Å². The molecule has 1 heterocycles. The third-order valence-electron chi connectivity index (χ3n) is 4.65. The van der Waals surface area contributed by atoms with Crippen molar-refractivity contribution < 1.29 is 14.3 Å². The highest BCUT2D eigenvalue weighted by Gasteiger charge is 2.34. The largest absolute Gasteiger partial charge is 0.497 e. The predicted octanol–water partition coefficient (Wildman–Crippen LogP) is 5.35. The van der Waals surface area contributed by atoms with Crippen LogP contribution in [0.5, 0.6) is 11.5 Å². The van der Waals surface area contributed by atoms with Crippen LogP contribution in [0.25, 0.3) is 0 Å². The molecular formula is C21H23Cl2NO3. The number of carbonyl (C=O) groups excluding carboxylic acids is 1. The molecule has 0 fully saturated rings. The van der Waals surface area contributed by atoms with Crippen molar-refractivity contribution in [1.29, 1.82) is 0 Å². The summed E-state index contributed by atoms with van der Waals surface area (Å²) in [6.45, 7) is 4.04. The Hall–Kier alpha value is -1.91. The zero-order valence-electron chi connectivity index (χ0n) is 15.6. The van der Waals surface area contributed by atoms with Gasteiger partial charge >= 0.3 is 0 Å². The first-order valence-corrected chi connectivity index (χ1v) is 9.63. The zero-order valence-corrected chi connectivity index (χ0v) is 17.2. The number of halogens is 2. The lowest BCUT2D eigenvalue weighted by Crippen LogP contribution is -2.41. The maximum Gasteiger partial charge on any atom is 0.220 e. The molecule has 1 aliphatic rings. The molecule has 1 atom stereocenters. The minimum absolute atomic E-state index is 0.0301. The smallest absolute Gasteiger partial charge is 0.220 e. The molecule has 4 nitrogen and oxygen atoms in total. The molecule has 0 radical (unpaired) electrons. The minimum Gasteiger partial charge on any atom is -0.497 e. The van der Waals surface area contributed by atoms with Gasteiger partial charge in [0, 0.05) is 28.5 Å². The second-order valence-corrected chi connectivity index (χ2v) is 8.17. The molecule has 0 aromatic heterocycles. The van der Waals surface area contributed by atoms with Gasteiger partial charge in [0.2, 0.25) is 5.91 Å². The Bertz CT molecular complexity index is 851. The van der Waals surface area contributed by atoms with E-state index < -0.39 is 0 Å². The normalized spacial score (nSPS) is 17.6. The van der Waals surface area contributed by atoms with Gasteiger partial charge in [0.25, 0.3) is 0 Å². The summed E-state index contributed by atoms with van der Waals surface area (Å²) in [5.74, 6) is 1.49. The monoisotopic (exact) mass is 407 g/mol. The second-order valence-electron chi connectivity index (χ2n) is 7.33. The van der Waals surface area contributed by atoms with Crippen LogP contribution < -0.4 is 14.8 Å². The predicted molar refractivity (Wildman–Crippen MR) is 108 cm³/mol. The van der Waals surface area contributed by atoms with Crippen molar-refractivity contribution in [2.24, 2.45) is 0 Å². The quantitative estimate of drug-likeness (QED) is 0.725. The lowest BCUT2D eigenvalue weighted by atomic mass is 9.89. The van der Waals surface area contributed by atoms with Gasteiger partial charge in [-0.1, -0.05) is 29.3 Å². The minimum atomic E-state index is -0.362. The van der Waals surface area contributed by atoms with Gasteiger partial charge in [-0.3, -0.25) is 4.79 Å². The fourth-order valence-corrected chi connectivity index (χ4v) is 3.83. The molecule has 0 unspecified atom stereocenters. The molecule has 27 heavy (non-hydrogen) atoms. The van der Waals surface area contributed by atoms with Crippen LogP contribution in [-0.4, -0.2) is 18.6 Å². The van der Waals surface area contributed by atoms with Crippen molar-refractivity contribution in [3.63, 3.8) is 0 Å². The van der Waals surface area contributed by atoms with Crippen LogP contribution in [0.1, 0.15) is 43.9 Å². The highest BCUT2D eigenvalue weighted by atomic mass is 35.5. The molecule has 0 saturated carbocycles. The molecular weight excluding hydrogens is 385 g/mol. The van der Waals surface area contributed by atoms with Crippen molar-refractivity contribution in [1.82, 2.24) is 5.32 Å². The standard InChI is InChI=1S/C21H23Cl2NO3/c1-21(2)12-18(16-11-15(26-3)7-8-19(16)27-21)24-20(25)9-5-13-4-6-14(22)10-17(13)23/h4,6-8,10-11,18H,5,9,12H2,1-3H3,(H,24,25)/t18-/m0/s1. The summed E-state index contributed by atoms with van der Waals surface area (Å²) in [5, 5.41) is 4.31. The topological polar surface area (TPSA) is 47.6 Å². The zero-order chi connectivity index (χ0) is 19.6. The van der Waals surface area contributed by atoms with Crippen LogP contribution in [0.3, 0.4) is 0 Å². The molecule has 3 rings (SSSR count). The van der Waals surface area contributed by atoms with Crippen LogP contribution in [0.2, 0.25) is 10.0 Å². The number of rotatable bonds is 5. The third-order valence-corrected chi connectivity index (χ3v) is 5.23. The Labute approximate surface area is 169 Å². The maximum atomic E-state index is 12.6. The number of amides is 1. The van der Waals surface area contributed by atoms with E-state index in [4.69, 9.17) is 32.7 Å². The van der Waals surface area contributed by atoms with Crippen molar-refractivity contribution in [2.45, 2.75) is 44.8 Å². The fraction of sp³-hybridized carbons (Fsp3) is 0.381. The molecule has 1 amide bonds. The van der Waals surface area contributed by atoms with E-state index in [0.717, 1.165) is 22.6 Å². The van der Waals surface area contributed by atoms with E-state index in [1.54, 1.807) is 19.2 Å². The molecule has 6 heteroatoms. The van der Waals surface area contributed by atoms with E-state index in [1.165, 1.54) is 0 Å². The summed E-state index contributed by atoms with van der Waals surface area (Å²) in [6, 6.07) is 10.9. The molecule has 0 bridgehead atoms. The molecule has 1 N–H and O–H groups in total. The number of aryl methyl sites for hydroxylation is 1. The number of benzene rings is 2. The first kappa shape index (κ1) is 19.8. The van der Waals surface area contributed by atoms with E-state index in [-0.39, 0.29) is 17.6 Å². The Morgan fingerprint density at radius 3 is 2.74 bits per heavy atom. The Morgan fingerprint density at radius 2 is 2.04 bits per heavy atom. The van der Waals surface area contributed by atoms with Gasteiger partial charge in [-0.25, -0.2) is 0 Å². The lowest BCUT2D eigenvalue weighted by molar-refractivity contribution is -0.122. The molecule has 2 aromatic carbocycles. The molecule has 144 valence electrons. The Balaban J connectivity index is 1.71. The highest BCUT2D eigenvalue weighted by Crippen LogP contribution is 2.41. The van der Waals surface area contributed by atoms with Gasteiger partial charge < -0.3 is 14.8 Å². The summed E-state index contributed by atoms with van der Waals surface area (Å²) in [6.07, 6.45) is 1.58. The van der Waals surface area contributed by atoms with E-state index in [2.05, 4.69) is 5.32 Å². The average molecular weight is 408 g/mol. The fourth-order valence-electron chi connectivity index (χ4n) is 3.33. The highest BCUT2D eigenvalue weighted by molar-refractivity contribution is 6.35. The number of fused-ring (bicyclic) bond motifs is 1. The average Bonchev–Trinajstić information content (AvgIpc) is 2.60. The summed E-state index contributed by atoms with van der Waals surface area (Å²) in [7, 11) is 1.62. The molecule has 2 aromatic rings. The van der Waals surface area contributed by atoms with Crippen molar-refractivity contribution in [3.05, 3.63) is 57.6 Å². The third kappa shape index (κ3) is 4.88. The van der Waals surface area contributed by atoms with E-state index in [9.17, 15) is 4.79 Å². The molecule has 0 spiro atoms. The first-order valence-electron chi connectivity index (χ1n) is 8.88. The summed E-state index contributed by atoms with van der Waals surface area (Å²) in [4.78, 5) is 12.6. The molecule has 0 aliphatic carbocycles. The summed E-state index contributed by atoms with van der Waals surface area (Å²) < 4.78 is 11.4. The number of hydrogen-bond donors (Lipinski definition) is 1. The summed E-state index contributed by atoms with van der Waals surface area (Å²) in [5.41, 5.74) is 1.48. The van der Waals surface area contributed by atoms with Gasteiger partial charge in [-0.15, -0.1) is 0 Å².